The van der Waals surface area contributed by atoms with Crippen molar-refractivity contribution >= 4 is 21.7 Å². The molecule has 0 bridgehead atoms. The molecule has 0 spiro atoms. The van der Waals surface area contributed by atoms with Crippen molar-refractivity contribution in [2.24, 2.45) is 7.05 Å². The van der Waals surface area contributed by atoms with Crippen molar-refractivity contribution in [2.75, 3.05) is 0 Å². The van der Waals surface area contributed by atoms with Crippen molar-refractivity contribution in [1.82, 2.24) is 9.78 Å². The van der Waals surface area contributed by atoms with Crippen LogP contribution in [0, 0.1) is 6.92 Å². The molecule has 2 rings (SSSR count). The van der Waals surface area contributed by atoms with Gasteiger partial charge in [-0.3, -0.25) is 9.48 Å². The Hall–Kier alpha value is -1.42. The highest BCUT2D eigenvalue weighted by atomic mass is 79.9. The van der Waals surface area contributed by atoms with E-state index in [4.69, 9.17) is 0 Å². The average Bonchev–Trinajstić information content (AvgIpc) is 2.58. The van der Waals surface area contributed by atoms with E-state index in [1.807, 2.05) is 44.3 Å². The average molecular weight is 293 g/mol. The van der Waals surface area contributed by atoms with E-state index in [2.05, 4.69) is 21.0 Å². The number of carbonyl (C=O) groups excluding carboxylic acids is 1. The second-order valence-electron chi connectivity index (χ2n) is 4.01. The van der Waals surface area contributed by atoms with Gasteiger partial charge in [0.15, 0.2) is 5.78 Å². The molecule has 1 aromatic heterocycles. The first-order valence-electron chi connectivity index (χ1n) is 5.34. The molecule has 1 heterocycles. The summed E-state index contributed by atoms with van der Waals surface area (Å²) in [6.45, 7) is 1.92. The molecule has 0 aliphatic rings. The van der Waals surface area contributed by atoms with E-state index in [-0.39, 0.29) is 5.78 Å². The number of hydrogen-bond donors (Lipinski definition) is 0. The highest BCUT2D eigenvalue weighted by Gasteiger charge is 2.10. The minimum atomic E-state index is 0.112. The van der Waals surface area contributed by atoms with Crippen molar-refractivity contribution in [3.05, 3.63) is 51.8 Å². The number of nitrogens with zero attached hydrogens (tertiary/aromatic N) is 2. The summed E-state index contributed by atoms with van der Waals surface area (Å²) in [5.74, 6) is 0.112. The minimum absolute atomic E-state index is 0.112. The van der Waals surface area contributed by atoms with Crippen LogP contribution in [0.25, 0.3) is 0 Å². The van der Waals surface area contributed by atoms with Gasteiger partial charge in [-0.05, 0) is 25.1 Å². The lowest BCUT2D eigenvalue weighted by molar-refractivity contribution is 0.0990. The van der Waals surface area contributed by atoms with E-state index in [1.165, 1.54) is 0 Å². The van der Waals surface area contributed by atoms with Crippen LogP contribution >= 0.6 is 15.9 Å². The number of benzene rings is 1. The molecule has 0 aliphatic carbocycles. The van der Waals surface area contributed by atoms with E-state index in [0.717, 1.165) is 21.4 Å². The Morgan fingerprint density at radius 2 is 2.00 bits per heavy atom. The number of halogens is 1. The first kappa shape index (κ1) is 12.0. The van der Waals surface area contributed by atoms with Crippen LogP contribution in [0.3, 0.4) is 0 Å². The number of ketones is 1. The van der Waals surface area contributed by atoms with Crippen molar-refractivity contribution in [3.63, 3.8) is 0 Å². The summed E-state index contributed by atoms with van der Waals surface area (Å²) >= 11 is 3.35. The number of rotatable bonds is 3. The zero-order valence-corrected chi connectivity index (χ0v) is 11.4. The number of aryl methyl sites for hydroxylation is 2. The van der Waals surface area contributed by atoms with Crippen LogP contribution in [0.4, 0.5) is 0 Å². The predicted molar refractivity (Wildman–Crippen MR) is 70.1 cm³/mol. The van der Waals surface area contributed by atoms with Gasteiger partial charge in [0.1, 0.15) is 0 Å². The largest absolute Gasteiger partial charge is 0.294 e. The molecule has 0 radical (unpaired) electrons. The van der Waals surface area contributed by atoms with Gasteiger partial charge in [0.25, 0.3) is 0 Å². The second kappa shape index (κ2) is 4.84. The fraction of sp³-hybridized carbons (Fsp3) is 0.231. The number of hydrogen-bond acceptors (Lipinski definition) is 2. The van der Waals surface area contributed by atoms with E-state index in [0.29, 0.717) is 6.42 Å². The van der Waals surface area contributed by atoms with Gasteiger partial charge in [-0.25, -0.2) is 0 Å². The SMILES string of the molecule is Cc1cc(CC(=O)c2ccc(Br)cc2)n(C)n1. The smallest absolute Gasteiger partial charge is 0.168 e. The van der Waals surface area contributed by atoms with Crippen LogP contribution in [-0.4, -0.2) is 15.6 Å². The number of Topliss-reactive ketones (excluding diaryl/α,β-unsaturated/α-hetero) is 1. The van der Waals surface area contributed by atoms with Crippen LogP contribution in [0.1, 0.15) is 21.7 Å². The molecule has 0 saturated carbocycles. The monoisotopic (exact) mass is 292 g/mol. The van der Waals surface area contributed by atoms with E-state index < -0.39 is 0 Å². The van der Waals surface area contributed by atoms with Gasteiger partial charge in [0, 0.05) is 22.8 Å². The third kappa shape index (κ3) is 2.82. The van der Waals surface area contributed by atoms with Crippen LogP contribution in [-0.2, 0) is 13.5 Å². The first-order valence-corrected chi connectivity index (χ1v) is 6.14. The summed E-state index contributed by atoms with van der Waals surface area (Å²) in [5.41, 5.74) is 2.61. The summed E-state index contributed by atoms with van der Waals surface area (Å²) < 4.78 is 2.73. The van der Waals surface area contributed by atoms with Crippen LogP contribution < -0.4 is 0 Å². The molecule has 0 unspecified atom stereocenters. The lowest BCUT2D eigenvalue weighted by Gasteiger charge is -2.02. The standard InChI is InChI=1S/C13H13BrN2O/c1-9-7-12(16(2)15-9)8-13(17)10-3-5-11(14)6-4-10/h3-7H,8H2,1-2H3. The lowest BCUT2D eigenvalue weighted by Crippen LogP contribution is -2.07. The molecule has 0 fully saturated rings. The molecule has 3 nitrogen and oxygen atoms in total. The summed E-state index contributed by atoms with van der Waals surface area (Å²) in [6.07, 6.45) is 0.388. The number of aromatic nitrogens is 2. The van der Waals surface area contributed by atoms with Gasteiger partial charge in [-0.15, -0.1) is 0 Å². The third-order valence-electron chi connectivity index (χ3n) is 2.61. The zero-order chi connectivity index (χ0) is 12.4. The lowest BCUT2D eigenvalue weighted by atomic mass is 10.1. The van der Waals surface area contributed by atoms with Crippen molar-refractivity contribution in [1.29, 1.82) is 0 Å². The summed E-state index contributed by atoms with van der Waals surface area (Å²) in [5, 5.41) is 4.23. The molecule has 1 aromatic carbocycles. The predicted octanol–water partition coefficient (Wildman–Crippen LogP) is 2.92. The van der Waals surface area contributed by atoms with E-state index in [1.54, 1.807) is 4.68 Å². The summed E-state index contributed by atoms with van der Waals surface area (Å²) in [7, 11) is 1.86. The van der Waals surface area contributed by atoms with Crippen LogP contribution in [0.5, 0.6) is 0 Å². The fourth-order valence-electron chi connectivity index (χ4n) is 1.73. The molecular formula is C13H13BrN2O. The normalized spacial score (nSPS) is 10.5. The van der Waals surface area contributed by atoms with Crippen LogP contribution in [0.2, 0.25) is 0 Å². The zero-order valence-electron chi connectivity index (χ0n) is 9.77. The maximum Gasteiger partial charge on any atom is 0.168 e. The topological polar surface area (TPSA) is 34.9 Å². The second-order valence-corrected chi connectivity index (χ2v) is 4.92. The summed E-state index contributed by atoms with van der Waals surface area (Å²) in [6, 6.07) is 9.35. The Labute approximate surface area is 109 Å². The Balaban J connectivity index is 2.17. The van der Waals surface area contributed by atoms with Gasteiger partial charge in [0.05, 0.1) is 12.1 Å². The van der Waals surface area contributed by atoms with E-state index in [9.17, 15) is 4.79 Å². The Morgan fingerprint density at radius 3 is 2.53 bits per heavy atom. The highest BCUT2D eigenvalue weighted by molar-refractivity contribution is 9.10. The molecule has 4 heteroatoms. The molecule has 88 valence electrons. The Bertz CT molecular complexity index is 543. The van der Waals surface area contributed by atoms with Gasteiger partial charge < -0.3 is 0 Å². The molecule has 17 heavy (non-hydrogen) atoms. The first-order chi connectivity index (χ1) is 8.06. The van der Waals surface area contributed by atoms with Gasteiger partial charge in [-0.1, -0.05) is 28.1 Å². The number of carbonyl (C=O) groups is 1. The minimum Gasteiger partial charge on any atom is -0.294 e. The summed E-state index contributed by atoms with van der Waals surface area (Å²) in [4.78, 5) is 12.0. The Kier molecular flexibility index (Phi) is 3.43. The third-order valence-corrected chi connectivity index (χ3v) is 3.14. The molecule has 0 aliphatic heterocycles. The van der Waals surface area contributed by atoms with E-state index >= 15 is 0 Å². The Morgan fingerprint density at radius 1 is 1.35 bits per heavy atom. The van der Waals surface area contributed by atoms with Gasteiger partial charge >= 0.3 is 0 Å². The highest BCUT2D eigenvalue weighted by Crippen LogP contribution is 2.13. The maximum atomic E-state index is 12.0. The van der Waals surface area contributed by atoms with Crippen molar-refractivity contribution < 1.29 is 4.79 Å². The molecule has 2 aromatic rings. The quantitative estimate of drug-likeness (QED) is 0.816. The van der Waals surface area contributed by atoms with Crippen LogP contribution in [0.15, 0.2) is 34.8 Å². The van der Waals surface area contributed by atoms with Gasteiger partial charge in [0.2, 0.25) is 0 Å². The van der Waals surface area contributed by atoms with Crippen molar-refractivity contribution in [3.8, 4) is 0 Å². The maximum absolute atomic E-state index is 12.0. The molecule has 0 N–H and O–H groups in total. The molecule has 0 atom stereocenters. The molecule has 0 saturated heterocycles. The molecule has 0 amide bonds. The fourth-order valence-corrected chi connectivity index (χ4v) is 2.00. The molecular weight excluding hydrogens is 280 g/mol. The van der Waals surface area contributed by atoms with Gasteiger partial charge in [-0.2, -0.15) is 5.10 Å². The van der Waals surface area contributed by atoms with Crippen molar-refractivity contribution in [2.45, 2.75) is 13.3 Å².